The summed E-state index contributed by atoms with van der Waals surface area (Å²) in [5.41, 5.74) is 5.20. The highest BCUT2D eigenvalue weighted by Gasteiger charge is 2.16. The van der Waals surface area contributed by atoms with Crippen molar-refractivity contribution in [3.8, 4) is 11.1 Å². The van der Waals surface area contributed by atoms with Gasteiger partial charge in [0.2, 0.25) is 0 Å². The second kappa shape index (κ2) is 7.29. The first-order valence-corrected chi connectivity index (χ1v) is 9.19. The van der Waals surface area contributed by atoms with Crippen molar-refractivity contribution >= 4 is 23.9 Å². The van der Waals surface area contributed by atoms with E-state index in [-0.39, 0.29) is 5.91 Å². The summed E-state index contributed by atoms with van der Waals surface area (Å²) < 4.78 is 0. The number of hydrogen-bond donors (Lipinski definition) is 2. The van der Waals surface area contributed by atoms with E-state index < -0.39 is 0 Å². The molecular weight excluding hydrogens is 348 g/mol. The maximum Gasteiger partial charge on any atom is 0.272 e. The predicted molar refractivity (Wildman–Crippen MR) is 113 cm³/mol. The van der Waals surface area contributed by atoms with Crippen molar-refractivity contribution in [3.63, 3.8) is 0 Å². The molecule has 5 heteroatoms. The highest BCUT2D eigenvalue weighted by atomic mass is 16.2. The predicted octanol–water partition coefficient (Wildman–Crippen LogP) is 2.01. The van der Waals surface area contributed by atoms with Gasteiger partial charge in [0.25, 0.3) is 5.91 Å². The Hall–Kier alpha value is -3.44. The van der Waals surface area contributed by atoms with Crippen LogP contribution in [0.1, 0.15) is 21.6 Å². The van der Waals surface area contributed by atoms with Crippen LogP contribution in [0.2, 0.25) is 0 Å². The number of carbonyl (C=O) groups excluding carboxylic acids is 1. The molecule has 0 saturated heterocycles. The number of pyridine rings is 1. The number of hydrogen-bond acceptors (Lipinski definition) is 4. The van der Waals surface area contributed by atoms with Gasteiger partial charge in [0.15, 0.2) is 0 Å². The normalized spacial score (nSPS) is 12.2. The number of nitrogens with two attached hydrogens (primary N) is 1. The van der Waals surface area contributed by atoms with Gasteiger partial charge in [-0.25, -0.2) is 10.9 Å². The maximum absolute atomic E-state index is 12.8. The lowest BCUT2D eigenvalue weighted by Gasteiger charge is -2.19. The summed E-state index contributed by atoms with van der Waals surface area (Å²) in [5, 5.41) is 6.81. The monoisotopic (exact) mass is 370 g/mol. The highest BCUT2D eigenvalue weighted by molar-refractivity contribution is 6.05. The Morgan fingerprint density at radius 2 is 1.93 bits per heavy atom. The van der Waals surface area contributed by atoms with Crippen LogP contribution >= 0.6 is 0 Å². The molecule has 5 nitrogen and oxygen atoms in total. The van der Waals surface area contributed by atoms with Crippen LogP contribution in [-0.2, 0) is 0 Å². The van der Waals surface area contributed by atoms with Crippen molar-refractivity contribution in [3.05, 3.63) is 82.0 Å². The summed E-state index contributed by atoms with van der Waals surface area (Å²) in [6.45, 7) is 4.75. The number of nitrogens with one attached hydrogen (secondary N) is 1. The van der Waals surface area contributed by atoms with Crippen molar-refractivity contribution in [1.82, 2.24) is 10.3 Å². The number of aromatic nitrogens is 1. The number of fused-ring (bicyclic) bond motifs is 1. The number of anilines is 1. The molecule has 3 aromatic rings. The van der Waals surface area contributed by atoms with Crippen LogP contribution < -0.4 is 26.6 Å². The number of rotatable bonds is 3. The van der Waals surface area contributed by atoms with E-state index in [0.29, 0.717) is 11.3 Å². The van der Waals surface area contributed by atoms with Crippen molar-refractivity contribution < 1.29 is 4.79 Å². The zero-order valence-electron chi connectivity index (χ0n) is 15.9. The third kappa shape index (κ3) is 3.40. The molecule has 0 saturated carbocycles. The molecule has 28 heavy (non-hydrogen) atoms. The zero-order valence-corrected chi connectivity index (χ0v) is 15.9. The van der Waals surface area contributed by atoms with E-state index in [1.165, 1.54) is 10.2 Å². The molecule has 0 radical (unpaired) electrons. The summed E-state index contributed by atoms with van der Waals surface area (Å²) >= 11 is 0. The van der Waals surface area contributed by atoms with Crippen molar-refractivity contribution in [2.24, 2.45) is 5.84 Å². The molecule has 1 amide bonds. The third-order valence-corrected chi connectivity index (χ3v) is 4.96. The van der Waals surface area contributed by atoms with E-state index in [4.69, 9.17) is 5.84 Å². The number of hydrazine groups is 1. The van der Waals surface area contributed by atoms with Gasteiger partial charge in [-0.2, -0.15) is 0 Å². The van der Waals surface area contributed by atoms with E-state index in [1.54, 1.807) is 18.3 Å². The highest BCUT2D eigenvalue weighted by Crippen LogP contribution is 2.27. The lowest BCUT2D eigenvalue weighted by Crippen LogP contribution is -2.37. The molecule has 0 fully saturated rings. The van der Waals surface area contributed by atoms with Crippen LogP contribution in [0.4, 0.5) is 5.69 Å². The number of amides is 1. The van der Waals surface area contributed by atoms with Crippen LogP contribution in [0.15, 0.2) is 54.7 Å². The molecule has 1 aromatic heterocycles. The first-order valence-electron chi connectivity index (χ1n) is 9.19. The van der Waals surface area contributed by atoms with Gasteiger partial charge in [-0.15, -0.1) is 0 Å². The molecule has 1 aliphatic heterocycles. The van der Waals surface area contributed by atoms with Crippen LogP contribution in [0.25, 0.3) is 23.4 Å². The fourth-order valence-corrected chi connectivity index (χ4v) is 3.40. The van der Waals surface area contributed by atoms with Crippen LogP contribution in [0.5, 0.6) is 0 Å². The fourth-order valence-electron chi connectivity index (χ4n) is 3.40. The Morgan fingerprint density at radius 3 is 2.75 bits per heavy atom. The van der Waals surface area contributed by atoms with Crippen LogP contribution in [0.3, 0.4) is 0 Å². The minimum Gasteiger partial charge on any atom is -0.387 e. The summed E-state index contributed by atoms with van der Waals surface area (Å²) in [4.78, 5) is 16.9. The average Bonchev–Trinajstić information content (AvgIpc) is 2.72. The minimum atomic E-state index is -0.266. The van der Waals surface area contributed by atoms with Gasteiger partial charge in [0.05, 0.1) is 5.69 Å². The third-order valence-electron chi connectivity index (χ3n) is 4.96. The Kier molecular flexibility index (Phi) is 4.67. The van der Waals surface area contributed by atoms with Gasteiger partial charge >= 0.3 is 0 Å². The Balaban J connectivity index is 1.72. The molecule has 3 N–H and O–H groups in total. The van der Waals surface area contributed by atoms with Crippen molar-refractivity contribution in [2.45, 2.75) is 13.8 Å². The van der Waals surface area contributed by atoms with Gasteiger partial charge < -0.3 is 5.32 Å². The smallest absolute Gasteiger partial charge is 0.272 e. The number of benzene rings is 2. The Morgan fingerprint density at radius 1 is 1.07 bits per heavy atom. The maximum atomic E-state index is 12.8. The summed E-state index contributed by atoms with van der Waals surface area (Å²) in [5.74, 6) is 5.90. The SMILES string of the molecule is Cc1cc(C(=O)N(N)c2ccc(C)c(-c3ccc4c(c3)=CNCC=4)c2)ccn1. The van der Waals surface area contributed by atoms with Gasteiger partial charge in [-0.05, 0) is 71.3 Å². The Labute approximate surface area is 163 Å². The number of nitrogens with zero attached hydrogens (tertiary/aromatic N) is 2. The lowest BCUT2D eigenvalue weighted by molar-refractivity contribution is 0.0986. The topological polar surface area (TPSA) is 71.2 Å². The molecule has 0 bridgehead atoms. The summed E-state index contributed by atoms with van der Waals surface area (Å²) in [6, 6.07) is 15.6. The Bertz CT molecular complexity index is 1180. The van der Waals surface area contributed by atoms with Gasteiger partial charge in [-0.1, -0.05) is 24.3 Å². The van der Waals surface area contributed by atoms with E-state index in [9.17, 15) is 4.79 Å². The first kappa shape index (κ1) is 17.9. The summed E-state index contributed by atoms with van der Waals surface area (Å²) in [6.07, 6.45) is 5.81. The average molecular weight is 370 g/mol. The van der Waals surface area contributed by atoms with E-state index in [1.807, 2.05) is 31.3 Å². The molecule has 1 aliphatic rings. The standard InChI is InChI=1S/C23H22N4O/c1-15-3-6-21(27(24)23(28)19-8-10-26-16(2)11-19)13-22(15)18-5-4-17-7-9-25-14-20(17)12-18/h3-8,10-14,25H,9,24H2,1-2H3. The van der Waals surface area contributed by atoms with Gasteiger partial charge in [-0.3, -0.25) is 9.78 Å². The molecule has 2 aromatic carbocycles. The van der Waals surface area contributed by atoms with Crippen LogP contribution in [-0.4, -0.2) is 17.4 Å². The second-order valence-electron chi connectivity index (χ2n) is 6.96. The van der Waals surface area contributed by atoms with Gasteiger partial charge in [0.1, 0.15) is 0 Å². The molecule has 2 heterocycles. The van der Waals surface area contributed by atoms with Crippen molar-refractivity contribution in [1.29, 1.82) is 0 Å². The largest absolute Gasteiger partial charge is 0.387 e. The van der Waals surface area contributed by atoms with E-state index in [2.05, 4.69) is 41.5 Å². The van der Waals surface area contributed by atoms with Crippen LogP contribution in [0, 0.1) is 13.8 Å². The number of aryl methyl sites for hydroxylation is 2. The molecule has 140 valence electrons. The lowest BCUT2D eigenvalue weighted by atomic mass is 9.98. The zero-order chi connectivity index (χ0) is 19.7. The quantitative estimate of drug-likeness (QED) is 0.420. The molecule has 0 spiro atoms. The fraction of sp³-hybridized carbons (Fsp3) is 0.130. The van der Waals surface area contributed by atoms with Crippen molar-refractivity contribution in [2.75, 3.05) is 11.6 Å². The second-order valence-corrected chi connectivity index (χ2v) is 6.96. The molecular formula is C23H22N4O. The molecule has 4 rings (SSSR count). The molecule has 0 aliphatic carbocycles. The summed E-state index contributed by atoms with van der Waals surface area (Å²) in [7, 11) is 0. The minimum absolute atomic E-state index is 0.266. The molecule has 0 unspecified atom stereocenters. The van der Waals surface area contributed by atoms with E-state index >= 15 is 0 Å². The molecule has 0 atom stereocenters. The van der Waals surface area contributed by atoms with Gasteiger partial charge in [0, 0.05) is 30.2 Å². The number of carbonyl (C=O) groups is 1. The van der Waals surface area contributed by atoms with E-state index in [0.717, 1.165) is 34.1 Å². The first-order chi connectivity index (χ1) is 13.5.